The minimum Gasteiger partial charge on any atom is -0.369 e. The summed E-state index contributed by atoms with van der Waals surface area (Å²) in [5.74, 6) is 0.523. The largest absolute Gasteiger partial charge is 0.369 e. The van der Waals surface area contributed by atoms with Crippen LogP contribution in [0.1, 0.15) is 25.7 Å². The van der Waals surface area contributed by atoms with Crippen LogP contribution in [-0.2, 0) is 9.59 Å². The molecule has 2 saturated heterocycles. The number of primary amides is 1. The van der Waals surface area contributed by atoms with E-state index in [4.69, 9.17) is 5.73 Å². The highest BCUT2D eigenvalue weighted by Crippen LogP contribution is 2.22. The van der Waals surface area contributed by atoms with Crippen molar-refractivity contribution < 1.29 is 9.59 Å². The summed E-state index contributed by atoms with van der Waals surface area (Å²) in [5, 5.41) is 3.95. The van der Waals surface area contributed by atoms with E-state index in [0.29, 0.717) is 24.1 Å². The molecule has 0 unspecified atom stereocenters. The van der Waals surface area contributed by atoms with E-state index < -0.39 is 0 Å². The van der Waals surface area contributed by atoms with Gasteiger partial charge in [-0.2, -0.15) is 0 Å². The quantitative estimate of drug-likeness (QED) is 0.773. The third kappa shape index (κ3) is 4.38. The molecular formula is C13H23N3O2S. The van der Waals surface area contributed by atoms with E-state index >= 15 is 0 Å². The number of carbonyl (C=O) groups is 2. The molecule has 2 fully saturated rings. The Labute approximate surface area is 118 Å². The molecule has 2 aliphatic heterocycles. The average Bonchev–Trinajstić information content (AvgIpc) is 2.46. The number of carbonyl (C=O) groups excluding carboxylic acids is 2. The predicted molar refractivity (Wildman–Crippen MR) is 76.8 cm³/mol. The van der Waals surface area contributed by atoms with Crippen molar-refractivity contribution in [2.75, 3.05) is 31.9 Å². The van der Waals surface area contributed by atoms with Gasteiger partial charge in [0.05, 0.1) is 5.75 Å². The Kier molecular flexibility index (Phi) is 5.51. The van der Waals surface area contributed by atoms with E-state index in [1.165, 1.54) is 0 Å². The maximum atomic E-state index is 12.1. The first-order chi connectivity index (χ1) is 9.16. The lowest BCUT2D eigenvalue weighted by Crippen LogP contribution is -2.42. The normalized spacial score (nSPS) is 22.4. The van der Waals surface area contributed by atoms with Crippen molar-refractivity contribution in [3.05, 3.63) is 0 Å². The lowest BCUT2D eigenvalue weighted by Gasteiger charge is -2.31. The zero-order chi connectivity index (χ0) is 13.7. The van der Waals surface area contributed by atoms with E-state index in [1.807, 2.05) is 4.90 Å². The number of thioether (sulfide) groups is 1. The van der Waals surface area contributed by atoms with Gasteiger partial charge in [-0.25, -0.2) is 0 Å². The molecule has 0 spiro atoms. The number of amides is 2. The molecule has 19 heavy (non-hydrogen) atoms. The smallest absolute Gasteiger partial charge is 0.232 e. The Morgan fingerprint density at radius 2 is 1.79 bits per heavy atom. The van der Waals surface area contributed by atoms with Crippen LogP contribution in [0.25, 0.3) is 0 Å². The van der Waals surface area contributed by atoms with Gasteiger partial charge in [-0.15, -0.1) is 11.8 Å². The molecule has 0 aromatic carbocycles. The van der Waals surface area contributed by atoms with Gasteiger partial charge in [0.25, 0.3) is 0 Å². The van der Waals surface area contributed by atoms with Crippen molar-refractivity contribution in [1.82, 2.24) is 10.2 Å². The maximum absolute atomic E-state index is 12.1. The molecule has 5 nitrogen and oxygen atoms in total. The fraction of sp³-hybridized carbons (Fsp3) is 0.846. The molecule has 0 atom stereocenters. The second kappa shape index (κ2) is 7.14. The standard InChI is InChI=1S/C13H23N3O2S/c14-13(18)10-3-7-16(8-4-10)12(17)9-19-11-1-5-15-6-2-11/h10-11,15H,1-9H2,(H2,14,18). The van der Waals surface area contributed by atoms with E-state index in [1.54, 1.807) is 11.8 Å². The molecule has 2 heterocycles. The van der Waals surface area contributed by atoms with Crippen LogP contribution in [0.5, 0.6) is 0 Å². The number of nitrogens with two attached hydrogens (primary N) is 1. The van der Waals surface area contributed by atoms with Crippen LogP contribution >= 0.6 is 11.8 Å². The van der Waals surface area contributed by atoms with Crippen LogP contribution in [0.3, 0.4) is 0 Å². The molecule has 3 N–H and O–H groups in total. The van der Waals surface area contributed by atoms with E-state index in [-0.39, 0.29) is 17.7 Å². The Morgan fingerprint density at radius 3 is 2.37 bits per heavy atom. The Balaban J connectivity index is 1.67. The van der Waals surface area contributed by atoms with Crippen LogP contribution in [0, 0.1) is 5.92 Å². The lowest BCUT2D eigenvalue weighted by molar-refractivity contribution is -0.132. The molecule has 0 radical (unpaired) electrons. The number of hydrogen-bond donors (Lipinski definition) is 2. The summed E-state index contributed by atoms with van der Waals surface area (Å²) in [6, 6.07) is 0. The highest BCUT2D eigenvalue weighted by molar-refractivity contribution is 8.00. The van der Waals surface area contributed by atoms with Crippen molar-refractivity contribution in [2.45, 2.75) is 30.9 Å². The molecule has 2 amide bonds. The highest BCUT2D eigenvalue weighted by atomic mass is 32.2. The summed E-state index contributed by atoms with van der Waals surface area (Å²) < 4.78 is 0. The molecule has 0 aromatic heterocycles. The summed E-state index contributed by atoms with van der Waals surface area (Å²) in [5.41, 5.74) is 5.29. The first kappa shape index (κ1) is 14.7. The van der Waals surface area contributed by atoms with Crippen LogP contribution in [0.4, 0.5) is 0 Å². The molecule has 0 aromatic rings. The van der Waals surface area contributed by atoms with Gasteiger partial charge in [0, 0.05) is 24.3 Å². The first-order valence-corrected chi connectivity index (χ1v) is 8.11. The summed E-state index contributed by atoms with van der Waals surface area (Å²) in [6.07, 6.45) is 3.75. The number of rotatable bonds is 4. The minimum absolute atomic E-state index is 0.0406. The van der Waals surface area contributed by atoms with Crippen LogP contribution < -0.4 is 11.1 Å². The Hall–Kier alpha value is -0.750. The van der Waals surface area contributed by atoms with Crippen LogP contribution in [0.2, 0.25) is 0 Å². The van der Waals surface area contributed by atoms with Gasteiger partial charge in [0.2, 0.25) is 11.8 Å². The molecular weight excluding hydrogens is 262 g/mol. The van der Waals surface area contributed by atoms with Crippen LogP contribution in [0.15, 0.2) is 0 Å². The van der Waals surface area contributed by atoms with E-state index in [2.05, 4.69) is 5.32 Å². The second-order valence-corrected chi connectivity index (χ2v) is 6.61. The van der Waals surface area contributed by atoms with Gasteiger partial charge in [0.1, 0.15) is 0 Å². The fourth-order valence-corrected chi connectivity index (χ4v) is 3.79. The minimum atomic E-state index is -0.226. The van der Waals surface area contributed by atoms with E-state index in [0.717, 1.165) is 38.8 Å². The topological polar surface area (TPSA) is 75.4 Å². The summed E-state index contributed by atoms with van der Waals surface area (Å²) in [6.45, 7) is 3.49. The maximum Gasteiger partial charge on any atom is 0.232 e. The number of piperidine rings is 2. The first-order valence-electron chi connectivity index (χ1n) is 7.06. The van der Waals surface area contributed by atoms with Crippen molar-refractivity contribution in [3.63, 3.8) is 0 Å². The number of likely N-dealkylation sites (tertiary alicyclic amines) is 1. The second-order valence-electron chi connectivity index (χ2n) is 5.32. The summed E-state index contributed by atoms with van der Waals surface area (Å²) in [4.78, 5) is 25.0. The number of nitrogens with zero attached hydrogens (tertiary/aromatic N) is 1. The average molecular weight is 285 g/mol. The fourth-order valence-electron chi connectivity index (χ4n) is 2.66. The van der Waals surface area contributed by atoms with Crippen molar-refractivity contribution in [3.8, 4) is 0 Å². The molecule has 0 bridgehead atoms. The Morgan fingerprint density at radius 1 is 1.16 bits per heavy atom. The molecule has 6 heteroatoms. The SMILES string of the molecule is NC(=O)C1CCN(C(=O)CSC2CCNCC2)CC1. The third-order valence-electron chi connectivity index (χ3n) is 3.98. The Bertz CT molecular complexity index is 324. The molecule has 2 rings (SSSR count). The molecule has 0 saturated carbocycles. The van der Waals surface area contributed by atoms with Crippen molar-refractivity contribution in [2.24, 2.45) is 11.7 Å². The zero-order valence-electron chi connectivity index (χ0n) is 11.3. The summed E-state index contributed by atoms with van der Waals surface area (Å²) >= 11 is 1.78. The number of nitrogens with one attached hydrogen (secondary N) is 1. The van der Waals surface area contributed by atoms with Crippen LogP contribution in [-0.4, -0.2) is 53.9 Å². The number of hydrogen-bond acceptors (Lipinski definition) is 4. The highest BCUT2D eigenvalue weighted by Gasteiger charge is 2.26. The predicted octanol–water partition coefficient (Wildman–Crippen LogP) is 0.195. The van der Waals surface area contributed by atoms with Gasteiger partial charge >= 0.3 is 0 Å². The van der Waals surface area contributed by atoms with E-state index in [9.17, 15) is 9.59 Å². The summed E-state index contributed by atoms with van der Waals surface area (Å²) in [7, 11) is 0. The molecule has 108 valence electrons. The van der Waals surface area contributed by atoms with Gasteiger partial charge in [-0.1, -0.05) is 0 Å². The van der Waals surface area contributed by atoms with Gasteiger partial charge in [-0.3, -0.25) is 9.59 Å². The molecule has 2 aliphatic rings. The van der Waals surface area contributed by atoms with Gasteiger partial charge in [0.15, 0.2) is 0 Å². The zero-order valence-corrected chi connectivity index (χ0v) is 12.1. The monoisotopic (exact) mass is 285 g/mol. The lowest BCUT2D eigenvalue weighted by atomic mass is 9.96. The van der Waals surface area contributed by atoms with Gasteiger partial charge < -0.3 is 16.0 Å². The van der Waals surface area contributed by atoms with Crippen molar-refractivity contribution in [1.29, 1.82) is 0 Å². The molecule has 0 aliphatic carbocycles. The third-order valence-corrected chi connectivity index (χ3v) is 5.34. The van der Waals surface area contributed by atoms with Gasteiger partial charge in [-0.05, 0) is 38.8 Å². The van der Waals surface area contributed by atoms with Crippen molar-refractivity contribution >= 4 is 23.6 Å².